The third-order valence-electron chi connectivity index (χ3n) is 3.38. The topological polar surface area (TPSA) is 113 Å². The summed E-state index contributed by atoms with van der Waals surface area (Å²) in [5, 5.41) is 7.92. The molecule has 0 spiro atoms. The maximum atomic E-state index is 11.9. The van der Waals surface area contributed by atoms with Gasteiger partial charge in [0.25, 0.3) is 0 Å². The number of nitrogens with two attached hydrogens (primary N) is 1. The molecular weight excluding hydrogens is 308 g/mol. The minimum absolute atomic E-state index is 0.00527. The summed E-state index contributed by atoms with van der Waals surface area (Å²) in [7, 11) is 0. The third kappa shape index (κ3) is 6.37. The van der Waals surface area contributed by atoms with Crippen LogP contribution in [0.5, 0.6) is 0 Å². The van der Waals surface area contributed by atoms with Crippen LogP contribution in [0.4, 0.5) is 11.4 Å². The predicted molar refractivity (Wildman–Crippen MR) is 94.4 cm³/mol. The van der Waals surface area contributed by atoms with Gasteiger partial charge in [-0.1, -0.05) is 33.8 Å². The summed E-state index contributed by atoms with van der Waals surface area (Å²) in [6.07, 6.45) is 0. The van der Waals surface area contributed by atoms with Gasteiger partial charge in [-0.05, 0) is 24.1 Å². The number of carbonyl (C=O) groups excluding carboxylic acids is 3. The van der Waals surface area contributed by atoms with Crippen LogP contribution in [0.15, 0.2) is 24.3 Å². The van der Waals surface area contributed by atoms with E-state index in [0.717, 1.165) is 0 Å². The number of hydrogen-bond acceptors (Lipinski definition) is 4. The van der Waals surface area contributed by atoms with Crippen LogP contribution >= 0.6 is 0 Å². The summed E-state index contributed by atoms with van der Waals surface area (Å²) in [4.78, 5) is 35.3. The Balaban J connectivity index is 2.55. The molecule has 0 saturated carbocycles. The van der Waals surface area contributed by atoms with Crippen molar-refractivity contribution in [3.05, 3.63) is 24.3 Å². The second-order valence-corrected chi connectivity index (χ2v) is 6.26. The van der Waals surface area contributed by atoms with Gasteiger partial charge in [0.1, 0.15) is 0 Å². The smallest absolute Gasteiger partial charge is 0.243 e. The highest BCUT2D eigenvalue weighted by Crippen LogP contribution is 2.15. The standard InChI is InChI=1S/C17H26N4O3/c1-10(2)15(18)17(24)19-9-14(22)20-12-6-5-7-13(8-12)21-16(23)11(3)4/h5-8,10-11,15H,9,18H2,1-4H3,(H,19,24)(H,20,22)(H,21,23)/t15-/m0/s1. The largest absolute Gasteiger partial charge is 0.346 e. The lowest BCUT2D eigenvalue weighted by molar-refractivity contribution is -0.125. The molecule has 0 unspecified atom stereocenters. The van der Waals surface area contributed by atoms with Crippen LogP contribution in [-0.4, -0.2) is 30.3 Å². The third-order valence-corrected chi connectivity index (χ3v) is 3.38. The van der Waals surface area contributed by atoms with Gasteiger partial charge in [0.05, 0.1) is 12.6 Å². The normalized spacial score (nSPS) is 12.0. The van der Waals surface area contributed by atoms with E-state index in [4.69, 9.17) is 5.73 Å². The molecule has 0 aliphatic rings. The fourth-order valence-corrected chi connectivity index (χ4v) is 1.75. The van der Waals surface area contributed by atoms with Crippen molar-refractivity contribution in [1.29, 1.82) is 0 Å². The monoisotopic (exact) mass is 334 g/mol. The maximum Gasteiger partial charge on any atom is 0.243 e. The molecule has 7 heteroatoms. The van der Waals surface area contributed by atoms with Gasteiger partial charge in [0.2, 0.25) is 17.7 Å². The summed E-state index contributed by atoms with van der Waals surface area (Å²) in [6, 6.07) is 6.16. The molecule has 132 valence electrons. The first-order chi connectivity index (χ1) is 11.2. The van der Waals surface area contributed by atoms with E-state index in [1.54, 1.807) is 38.1 Å². The number of anilines is 2. The van der Waals surface area contributed by atoms with Gasteiger partial charge >= 0.3 is 0 Å². The number of benzene rings is 1. The number of hydrogen-bond donors (Lipinski definition) is 4. The van der Waals surface area contributed by atoms with Crippen molar-refractivity contribution < 1.29 is 14.4 Å². The second-order valence-electron chi connectivity index (χ2n) is 6.26. The van der Waals surface area contributed by atoms with Gasteiger partial charge in [0.15, 0.2) is 0 Å². The molecule has 7 nitrogen and oxygen atoms in total. The second kappa shape index (κ2) is 9.02. The van der Waals surface area contributed by atoms with Gasteiger partial charge in [-0.3, -0.25) is 14.4 Å². The number of rotatable bonds is 7. The summed E-state index contributed by atoms with van der Waals surface area (Å²) >= 11 is 0. The van der Waals surface area contributed by atoms with Crippen molar-refractivity contribution in [1.82, 2.24) is 5.32 Å². The molecule has 0 aliphatic heterocycles. The fourth-order valence-electron chi connectivity index (χ4n) is 1.75. The zero-order valence-electron chi connectivity index (χ0n) is 14.6. The van der Waals surface area contributed by atoms with Crippen LogP contribution < -0.4 is 21.7 Å². The van der Waals surface area contributed by atoms with Crippen LogP contribution in [0, 0.1) is 11.8 Å². The quantitative estimate of drug-likeness (QED) is 0.602. The molecule has 1 atom stereocenters. The van der Waals surface area contributed by atoms with E-state index in [1.807, 2.05) is 13.8 Å². The molecular formula is C17H26N4O3. The van der Waals surface area contributed by atoms with E-state index in [2.05, 4.69) is 16.0 Å². The molecule has 0 saturated heterocycles. The molecule has 24 heavy (non-hydrogen) atoms. The first-order valence-corrected chi connectivity index (χ1v) is 7.94. The molecule has 0 radical (unpaired) electrons. The summed E-state index contributed by atoms with van der Waals surface area (Å²) in [5.41, 5.74) is 6.83. The molecule has 0 heterocycles. The molecule has 0 aliphatic carbocycles. The van der Waals surface area contributed by atoms with E-state index in [9.17, 15) is 14.4 Å². The Morgan fingerprint density at radius 3 is 2.12 bits per heavy atom. The van der Waals surface area contributed by atoms with Crippen LogP contribution in [0.2, 0.25) is 0 Å². The SMILES string of the molecule is CC(C)C(=O)Nc1cccc(NC(=O)CNC(=O)[C@@H](N)C(C)C)c1. The Kier molecular flexibility index (Phi) is 7.38. The Bertz CT molecular complexity index is 599. The van der Waals surface area contributed by atoms with Gasteiger partial charge in [-0.25, -0.2) is 0 Å². The lowest BCUT2D eigenvalue weighted by Crippen LogP contribution is -2.46. The lowest BCUT2D eigenvalue weighted by Gasteiger charge is -2.15. The lowest BCUT2D eigenvalue weighted by atomic mass is 10.1. The first kappa shape index (κ1) is 19.6. The average Bonchev–Trinajstić information content (AvgIpc) is 2.51. The van der Waals surface area contributed by atoms with E-state index < -0.39 is 6.04 Å². The van der Waals surface area contributed by atoms with E-state index >= 15 is 0 Å². The fraction of sp³-hybridized carbons (Fsp3) is 0.471. The average molecular weight is 334 g/mol. The van der Waals surface area contributed by atoms with Crippen molar-refractivity contribution in [3.8, 4) is 0 Å². The summed E-state index contributed by atoms with van der Waals surface area (Å²) < 4.78 is 0. The van der Waals surface area contributed by atoms with Gasteiger partial charge in [0, 0.05) is 17.3 Å². The van der Waals surface area contributed by atoms with Crippen molar-refractivity contribution in [2.24, 2.45) is 17.6 Å². The maximum absolute atomic E-state index is 11.9. The van der Waals surface area contributed by atoms with Gasteiger partial charge < -0.3 is 21.7 Å². The highest BCUT2D eigenvalue weighted by molar-refractivity contribution is 5.97. The number of carbonyl (C=O) groups is 3. The highest BCUT2D eigenvalue weighted by atomic mass is 16.2. The number of amides is 3. The Hall–Kier alpha value is -2.41. The summed E-state index contributed by atoms with van der Waals surface area (Å²) in [5.74, 6) is -0.976. The van der Waals surface area contributed by atoms with Crippen molar-refractivity contribution in [3.63, 3.8) is 0 Å². The highest BCUT2D eigenvalue weighted by Gasteiger charge is 2.17. The minimum Gasteiger partial charge on any atom is -0.346 e. The molecule has 3 amide bonds. The van der Waals surface area contributed by atoms with Gasteiger partial charge in [-0.2, -0.15) is 0 Å². The molecule has 0 aromatic heterocycles. The minimum atomic E-state index is -0.646. The van der Waals surface area contributed by atoms with E-state index in [1.165, 1.54) is 0 Å². The molecule has 0 fully saturated rings. The Morgan fingerprint density at radius 1 is 1.00 bits per heavy atom. The molecule has 1 aromatic rings. The molecule has 1 aromatic carbocycles. The zero-order chi connectivity index (χ0) is 18.3. The van der Waals surface area contributed by atoms with E-state index in [0.29, 0.717) is 11.4 Å². The Labute approximate surface area is 142 Å². The van der Waals surface area contributed by atoms with E-state index in [-0.39, 0.29) is 36.1 Å². The van der Waals surface area contributed by atoms with Crippen molar-refractivity contribution >= 4 is 29.1 Å². The van der Waals surface area contributed by atoms with Crippen LogP contribution in [-0.2, 0) is 14.4 Å². The van der Waals surface area contributed by atoms with Gasteiger partial charge in [-0.15, -0.1) is 0 Å². The summed E-state index contributed by atoms with van der Waals surface area (Å²) in [6.45, 7) is 7.10. The molecule has 5 N–H and O–H groups in total. The zero-order valence-corrected chi connectivity index (χ0v) is 14.6. The predicted octanol–water partition coefficient (Wildman–Crippen LogP) is 1.32. The Morgan fingerprint density at radius 2 is 1.58 bits per heavy atom. The van der Waals surface area contributed by atoms with Crippen molar-refractivity contribution in [2.45, 2.75) is 33.7 Å². The molecule has 1 rings (SSSR count). The van der Waals surface area contributed by atoms with Crippen LogP contribution in [0.25, 0.3) is 0 Å². The van der Waals surface area contributed by atoms with Crippen LogP contribution in [0.3, 0.4) is 0 Å². The molecule has 0 bridgehead atoms. The van der Waals surface area contributed by atoms with Crippen LogP contribution in [0.1, 0.15) is 27.7 Å². The first-order valence-electron chi connectivity index (χ1n) is 7.94. The number of nitrogens with one attached hydrogen (secondary N) is 3. The van der Waals surface area contributed by atoms with Crippen molar-refractivity contribution in [2.75, 3.05) is 17.2 Å².